The Kier molecular flexibility index (Phi) is 9.80. The van der Waals surface area contributed by atoms with E-state index in [1.54, 1.807) is 0 Å². The molecule has 0 aromatic carbocycles. The highest BCUT2D eigenvalue weighted by Gasteiger charge is 2.42. The fourth-order valence-corrected chi connectivity index (χ4v) is 4.37. The number of nitrogens with zero attached hydrogens (tertiary/aromatic N) is 2. The summed E-state index contributed by atoms with van der Waals surface area (Å²) in [7, 11) is 0. The molecule has 0 radical (unpaired) electrons. The first-order chi connectivity index (χ1) is 13.2. The van der Waals surface area contributed by atoms with E-state index in [0.717, 1.165) is 71.0 Å². The number of rotatable bonds is 9. The molecule has 2 aliphatic carbocycles. The van der Waals surface area contributed by atoms with Crippen LogP contribution in [0, 0.1) is 11.3 Å². The molecule has 0 aromatic rings. The first kappa shape index (κ1) is 23.7. The number of carbonyl (C=O) groups excluding carboxylic acids is 1. The van der Waals surface area contributed by atoms with E-state index in [0.29, 0.717) is 17.4 Å². The van der Waals surface area contributed by atoms with E-state index in [2.05, 4.69) is 22.5 Å². The van der Waals surface area contributed by atoms with Crippen LogP contribution >= 0.6 is 24.0 Å². The molecule has 1 aliphatic heterocycles. The number of aliphatic imine (C=N–C) groups is 1. The van der Waals surface area contributed by atoms with Crippen LogP contribution in [0.1, 0.15) is 65.2 Å². The smallest absolute Gasteiger partial charge is 0.225 e. The van der Waals surface area contributed by atoms with Crippen LogP contribution in [-0.4, -0.2) is 62.2 Å². The number of likely N-dealkylation sites (tertiary alicyclic amines) is 1. The standard InChI is InChI=1S/C21H38N4O2.HI/c1-3-22-20(23-16-21(10-11-21)12-14-27-4-2)24-18-9-13-25(15-18)19(26)17-7-5-6-8-17;/h17-18H,3-16H2,1-2H3,(H2,22,23,24);1H. The number of amides is 1. The van der Waals surface area contributed by atoms with Gasteiger partial charge in [0.15, 0.2) is 5.96 Å². The van der Waals surface area contributed by atoms with Gasteiger partial charge in [0.2, 0.25) is 5.91 Å². The van der Waals surface area contributed by atoms with Crippen molar-refractivity contribution in [1.82, 2.24) is 15.5 Å². The molecule has 28 heavy (non-hydrogen) atoms. The third-order valence-electron chi connectivity index (χ3n) is 6.40. The number of ether oxygens (including phenoxy) is 1. The van der Waals surface area contributed by atoms with E-state index in [-0.39, 0.29) is 29.9 Å². The number of halogens is 1. The van der Waals surface area contributed by atoms with Crippen LogP contribution in [0.25, 0.3) is 0 Å². The molecule has 6 nitrogen and oxygen atoms in total. The highest BCUT2D eigenvalue weighted by molar-refractivity contribution is 14.0. The normalized spacial score (nSPS) is 24.1. The second-order valence-corrected chi connectivity index (χ2v) is 8.54. The molecule has 2 N–H and O–H groups in total. The van der Waals surface area contributed by atoms with Crippen LogP contribution in [0.15, 0.2) is 4.99 Å². The Balaban J connectivity index is 0.00000280. The van der Waals surface area contributed by atoms with Crippen molar-refractivity contribution in [2.24, 2.45) is 16.3 Å². The minimum atomic E-state index is 0. The Hall–Kier alpha value is -0.570. The summed E-state index contributed by atoms with van der Waals surface area (Å²) in [4.78, 5) is 19.6. The molecule has 1 atom stereocenters. The molecule has 3 fully saturated rings. The Morgan fingerprint density at radius 3 is 2.61 bits per heavy atom. The van der Waals surface area contributed by atoms with Crippen LogP contribution in [0.5, 0.6) is 0 Å². The summed E-state index contributed by atoms with van der Waals surface area (Å²) in [6.45, 7) is 9.21. The van der Waals surface area contributed by atoms with Crippen molar-refractivity contribution >= 4 is 35.8 Å². The summed E-state index contributed by atoms with van der Waals surface area (Å²) < 4.78 is 5.53. The minimum absolute atomic E-state index is 0. The van der Waals surface area contributed by atoms with Crippen LogP contribution in [0.4, 0.5) is 0 Å². The van der Waals surface area contributed by atoms with E-state index >= 15 is 0 Å². The summed E-state index contributed by atoms with van der Waals surface area (Å²) in [6.07, 6.45) is 9.24. The summed E-state index contributed by atoms with van der Waals surface area (Å²) in [6, 6.07) is 0.312. The zero-order chi connectivity index (χ0) is 19.1. The molecule has 0 spiro atoms. The van der Waals surface area contributed by atoms with Crippen LogP contribution < -0.4 is 10.6 Å². The monoisotopic (exact) mass is 506 g/mol. The maximum atomic E-state index is 12.6. The molecule has 3 rings (SSSR count). The molecule has 162 valence electrons. The van der Waals surface area contributed by atoms with Gasteiger partial charge in [0.05, 0.1) is 0 Å². The molecule has 0 aromatic heterocycles. The number of hydrogen-bond acceptors (Lipinski definition) is 3. The van der Waals surface area contributed by atoms with E-state index in [4.69, 9.17) is 9.73 Å². The largest absolute Gasteiger partial charge is 0.382 e. The van der Waals surface area contributed by atoms with Gasteiger partial charge in [0.25, 0.3) is 0 Å². The third-order valence-corrected chi connectivity index (χ3v) is 6.40. The van der Waals surface area contributed by atoms with Gasteiger partial charge in [-0.2, -0.15) is 0 Å². The first-order valence-electron chi connectivity index (χ1n) is 11.1. The average molecular weight is 506 g/mol. The van der Waals surface area contributed by atoms with Crippen molar-refractivity contribution in [3.05, 3.63) is 0 Å². The zero-order valence-corrected chi connectivity index (χ0v) is 20.0. The molecule has 1 unspecified atom stereocenters. The fourth-order valence-electron chi connectivity index (χ4n) is 4.37. The Bertz CT molecular complexity index is 519. The number of carbonyl (C=O) groups is 1. The van der Waals surface area contributed by atoms with Crippen molar-refractivity contribution in [3.8, 4) is 0 Å². The Morgan fingerprint density at radius 2 is 1.96 bits per heavy atom. The zero-order valence-electron chi connectivity index (χ0n) is 17.7. The van der Waals surface area contributed by atoms with E-state index in [1.165, 1.54) is 25.7 Å². The predicted octanol–water partition coefficient (Wildman–Crippen LogP) is 3.16. The summed E-state index contributed by atoms with van der Waals surface area (Å²) >= 11 is 0. The van der Waals surface area contributed by atoms with E-state index < -0.39 is 0 Å². The van der Waals surface area contributed by atoms with Crippen molar-refractivity contribution in [2.45, 2.75) is 71.3 Å². The maximum Gasteiger partial charge on any atom is 0.225 e. The predicted molar refractivity (Wildman–Crippen MR) is 124 cm³/mol. The average Bonchev–Trinajstić information content (AvgIpc) is 3.06. The SMILES string of the molecule is CCNC(=NCC1(CCOCC)CC1)NC1CCN(C(=O)C2CCCC2)C1.I. The molecular formula is C21H39IN4O2. The lowest BCUT2D eigenvalue weighted by Crippen LogP contribution is -2.45. The van der Waals surface area contributed by atoms with Crippen molar-refractivity contribution in [1.29, 1.82) is 0 Å². The molecule has 0 bridgehead atoms. The lowest BCUT2D eigenvalue weighted by atomic mass is 10.0. The van der Waals surface area contributed by atoms with Crippen molar-refractivity contribution in [3.63, 3.8) is 0 Å². The van der Waals surface area contributed by atoms with E-state index in [1.807, 2.05) is 6.92 Å². The van der Waals surface area contributed by atoms with Crippen LogP contribution in [0.3, 0.4) is 0 Å². The van der Waals surface area contributed by atoms with E-state index in [9.17, 15) is 4.79 Å². The van der Waals surface area contributed by atoms with Gasteiger partial charge in [-0.15, -0.1) is 24.0 Å². The van der Waals surface area contributed by atoms with Crippen molar-refractivity contribution < 1.29 is 9.53 Å². The Labute approximate surface area is 187 Å². The number of nitrogens with one attached hydrogen (secondary N) is 2. The van der Waals surface area contributed by atoms with Gasteiger partial charge in [-0.1, -0.05) is 12.8 Å². The topological polar surface area (TPSA) is 66.0 Å². The second-order valence-electron chi connectivity index (χ2n) is 8.54. The van der Waals surface area contributed by atoms with Gasteiger partial charge < -0.3 is 20.3 Å². The quantitative estimate of drug-likeness (QED) is 0.218. The highest BCUT2D eigenvalue weighted by Crippen LogP contribution is 2.49. The fraction of sp³-hybridized carbons (Fsp3) is 0.905. The highest BCUT2D eigenvalue weighted by atomic mass is 127. The first-order valence-corrected chi connectivity index (χ1v) is 11.1. The minimum Gasteiger partial charge on any atom is -0.382 e. The van der Waals surface area contributed by atoms with Crippen LogP contribution in [-0.2, 0) is 9.53 Å². The number of hydrogen-bond donors (Lipinski definition) is 2. The molecule has 1 saturated heterocycles. The van der Waals surface area contributed by atoms with Gasteiger partial charge in [0.1, 0.15) is 0 Å². The van der Waals surface area contributed by atoms with Gasteiger partial charge in [-0.3, -0.25) is 9.79 Å². The molecule has 7 heteroatoms. The van der Waals surface area contributed by atoms with Gasteiger partial charge in [-0.25, -0.2) is 0 Å². The van der Waals surface area contributed by atoms with Gasteiger partial charge >= 0.3 is 0 Å². The molecule has 3 aliphatic rings. The summed E-state index contributed by atoms with van der Waals surface area (Å²) in [5.41, 5.74) is 0.359. The van der Waals surface area contributed by atoms with Crippen molar-refractivity contribution in [2.75, 3.05) is 39.4 Å². The molecule has 2 saturated carbocycles. The van der Waals surface area contributed by atoms with Gasteiger partial charge in [-0.05, 0) is 57.8 Å². The van der Waals surface area contributed by atoms with Gasteiger partial charge in [0, 0.05) is 51.4 Å². The molecule has 1 amide bonds. The second kappa shape index (κ2) is 11.6. The maximum absolute atomic E-state index is 12.6. The summed E-state index contributed by atoms with van der Waals surface area (Å²) in [5, 5.41) is 6.95. The molecular weight excluding hydrogens is 467 g/mol. The third kappa shape index (κ3) is 6.75. The summed E-state index contributed by atoms with van der Waals surface area (Å²) in [5.74, 6) is 1.57. The lowest BCUT2D eigenvalue weighted by Gasteiger charge is -2.22. The Morgan fingerprint density at radius 1 is 1.21 bits per heavy atom. The lowest BCUT2D eigenvalue weighted by molar-refractivity contribution is -0.134. The number of guanidine groups is 1. The molecule has 1 heterocycles. The van der Waals surface area contributed by atoms with Crippen LogP contribution in [0.2, 0.25) is 0 Å².